The van der Waals surface area contributed by atoms with Gasteiger partial charge in [-0.3, -0.25) is 0 Å². The zero-order chi connectivity index (χ0) is 12.5. The SMILES string of the molecule is CC1(C)C(NCCOCCO)[C@]2(C)CC[C@H]1C2. The van der Waals surface area contributed by atoms with E-state index in [9.17, 15) is 0 Å². The molecule has 3 heteroatoms. The second-order valence-corrected chi connectivity index (χ2v) is 6.64. The van der Waals surface area contributed by atoms with Crippen molar-refractivity contribution in [3.05, 3.63) is 0 Å². The van der Waals surface area contributed by atoms with Crippen molar-refractivity contribution in [1.29, 1.82) is 0 Å². The Hall–Kier alpha value is -0.120. The summed E-state index contributed by atoms with van der Waals surface area (Å²) in [5.74, 6) is 0.892. The third-order valence-corrected chi connectivity index (χ3v) is 5.10. The van der Waals surface area contributed by atoms with Crippen molar-refractivity contribution in [3.8, 4) is 0 Å². The monoisotopic (exact) mass is 241 g/mol. The summed E-state index contributed by atoms with van der Waals surface area (Å²) >= 11 is 0. The third kappa shape index (κ3) is 2.38. The topological polar surface area (TPSA) is 41.5 Å². The zero-order valence-corrected chi connectivity index (χ0v) is 11.5. The van der Waals surface area contributed by atoms with E-state index in [0.29, 0.717) is 30.1 Å². The second kappa shape index (κ2) is 4.87. The molecule has 2 fully saturated rings. The number of aliphatic hydroxyl groups excluding tert-OH is 1. The lowest BCUT2D eigenvalue weighted by molar-refractivity contribution is 0.0723. The van der Waals surface area contributed by atoms with E-state index in [-0.39, 0.29) is 6.61 Å². The van der Waals surface area contributed by atoms with Crippen LogP contribution < -0.4 is 5.32 Å². The highest BCUT2D eigenvalue weighted by Crippen LogP contribution is 2.62. The van der Waals surface area contributed by atoms with Crippen molar-refractivity contribution in [3.63, 3.8) is 0 Å². The fraction of sp³-hybridized carbons (Fsp3) is 1.00. The fourth-order valence-corrected chi connectivity index (χ4v) is 4.25. The van der Waals surface area contributed by atoms with E-state index in [1.54, 1.807) is 0 Å². The average molecular weight is 241 g/mol. The van der Waals surface area contributed by atoms with Crippen LogP contribution in [0.1, 0.15) is 40.0 Å². The van der Waals surface area contributed by atoms with Gasteiger partial charge in [-0.2, -0.15) is 0 Å². The molecule has 0 aromatic heterocycles. The van der Waals surface area contributed by atoms with Gasteiger partial charge in [0.05, 0.1) is 19.8 Å². The minimum Gasteiger partial charge on any atom is -0.394 e. The molecule has 17 heavy (non-hydrogen) atoms. The molecular weight excluding hydrogens is 214 g/mol. The van der Waals surface area contributed by atoms with Gasteiger partial charge in [-0.25, -0.2) is 0 Å². The van der Waals surface area contributed by atoms with Crippen molar-refractivity contribution in [2.24, 2.45) is 16.7 Å². The molecule has 0 saturated heterocycles. The average Bonchev–Trinajstić information content (AvgIpc) is 2.73. The van der Waals surface area contributed by atoms with Gasteiger partial charge < -0.3 is 15.2 Å². The maximum absolute atomic E-state index is 8.64. The van der Waals surface area contributed by atoms with Crippen LogP contribution in [0.5, 0.6) is 0 Å². The molecule has 0 radical (unpaired) electrons. The summed E-state index contributed by atoms with van der Waals surface area (Å²) in [4.78, 5) is 0. The van der Waals surface area contributed by atoms with Crippen LogP contribution in [0, 0.1) is 16.7 Å². The van der Waals surface area contributed by atoms with E-state index in [0.717, 1.165) is 12.5 Å². The summed E-state index contributed by atoms with van der Waals surface area (Å²) in [7, 11) is 0. The van der Waals surface area contributed by atoms with Crippen LogP contribution in [0.2, 0.25) is 0 Å². The van der Waals surface area contributed by atoms with Crippen LogP contribution in [0.25, 0.3) is 0 Å². The molecule has 0 aromatic carbocycles. The number of rotatable bonds is 6. The first kappa shape index (κ1) is 13.3. The molecule has 2 rings (SSSR count). The van der Waals surface area contributed by atoms with Crippen LogP contribution in [-0.2, 0) is 4.74 Å². The largest absolute Gasteiger partial charge is 0.394 e. The van der Waals surface area contributed by atoms with Gasteiger partial charge >= 0.3 is 0 Å². The van der Waals surface area contributed by atoms with Gasteiger partial charge in [-0.1, -0.05) is 20.8 Å². The highest BCUT2D eigenvalue weighted by Gasteiger charge is 2.58. The highest BCUT2D eigenvalue weighted by atomic mass is 16.5. The number of nitrogens with one attached hydrogen (secondary N) is 1. The second-order valence-electron chi connectivity index (χ2n) is 6.64. The van der Waals surface area contributed by atoms with E-state index < -0.39 is 0 Å². The van der Waals surface area contributed by atoms with Crippen LogP contribution in [0.4, 0.5) is 0 Å². The summed E-state index contributed by atoms with van der Waals surface area (Å²) in [6, 6.07) is 0.617. The van der Waals surface area contributed by atoms with E-state index in [4.69, 9.17) is 9.84 Å². The fourth-order valence-electron chi connectivity index (χ4n) is 4.25. The van der Waals surface area contributed by atoms with Gasteiger partial charge in [0.25, 0.3) is 0 Å². The van der Waals surface area contributed by atoms with Gasteiger partial charge in [0.2, 0.25) is 0 Å². The molecule has 2 aliphatic rings. The number of ether oxygens (including phenoxy) is 1. The van der Waals surface area contributed by atoms with Crippen molar-refractivity contribution in [1.82, 2.24) is 5.32 Å². The molecule has 100 valence electrons. The van der Waals surface area contributed by atoms with E-state index in [2.05, 4.69) is 26.1 Å². The van der Waals surface area contributed by atoms with Crippen LogP contribution >= 0.6 is 0 Å². The summed E-state index contributed by atoms with van der Waals surface area (Å²) < 4.78 is 5.31. The Morgan fingerprint density at radius 3 is 2.65 bits per heavy atom. The minimum absolute atomic E-state index is 0.120. The Balaban J connectivity index is 1.83. The molecule has 2 N–H and O–H groups in total. The molecule has 0 aromatic rings. The lowest BCUT2D eigenvalue weighted by Gasteiger charge is -2.43. The lowest BCUT2D eigenvalue weighted by Crippen LogP contribution is -2.51. The molecule has 1 unspecified atom stereocenters. The molecular formula is C14H27NO2. The van der Waals surface area contributed by atoms with Crippen molar-refractivity contribution in [2.75, 3.05) is 26.4 Å². The Morgan fingerprint density at radius 2 is 2.06 bits per heavy atom. The maximum Gasteiger partial charge on any atom is 0.0698 e. The summed E-state index contributed by atoms with van der Waals surface area (Å²) in [5.41, 5.74) is 0.912. The molecule has 0 spiro atoms. The zero-order valence-electron chi connectivity index (χ0n) is 11.5. The molecule has 3 atom stereocenters. The van der Waals surface area contributed by atoms with Crippen molar-refractivity contribution in [2.45, 2.75) is 46.1 Å². The predicted molar refractivity (Wildman–Crippen MR) is 68.9 cm³/mol. The van der Waals surface area contributed by atoms with Crippen LogP contribution in [-0.4, -0.2) is 37.5 Å². The Kier molecular flexibility index (Phi) is 3.81. The van der Waals surface area contributed by atoms with E-state index in [1.807, 2.05) is 0 Å². The van der Waals surface area contributed by atoms with Crippen LogP contribution in [0.3, 0.4) is 0 Å². The molecule has 2 aliphatic carbocycles. The van der Waals surface area contributed by atoms with Gasteiger partial charge in [0.15, 0.2) is 0 Å². The molecule has 0 amide bonds. The first-order valence-corrected chi connectivity index (χ1v) is 6.93. The summed E-state index contributed by atoms with van der Waals surface area (Å²) in [5, 5.41) is 12.3. The van der Waals surface area contributed by atoms with E-state index in [1.165, 1.54) is 19.3 Å². The van der Waals surface area contributed by atoms with Gasteiger partial charge in [0.1, 0.15) is 0 Å². The van der Waals surface area contributed by atoms with Crippen LogP contribution in [0.15, 0.2) is 0 Å². The molecule has 2 saturated carbocycles. The van der Waals surface area contributed by atoms with Crippen molar-refractivity contribution < 1.29 is 9.84 Å². The van der Waals surface area contributed by atoms with Gasteiger partial charge in [-0.05, 0) is 36.0 Å². The Labute approximate surface area is 105 Å². The van der Waals surface area contributed by atoms with Gasteiger partial charge in [0, 0.05) is 12.6 Å². The highest BCUT2D eigenvalue weighted by molar-refractivity contribution is 5.11. The number of fused-ring (bicyclic) bond motifs is 2. The molecule has 0 aliphatic heterocycles. The Bertz CT molecular complexity index is 262. The molecule has 0 heterocycles. The van der Waals surface area contributed by atoms with E-state index >= 15 is 0 Å². The first-order valence-electron chi connectivity index (χ1n) is 6.93. The quantitative estimate of drug-likeness (QED) is 0.697. The minimum atomic E-state index is 0.120. The molecule has 2 bridgehead atoms. The predicted octanol–water partition coefficient (Wildman–Crippen LogP) is 1.80. The normalized spacial score (nSPS) is 38.8. The maximum atomic E-state index is 8.64. The molecule has 3 nitrogen and oxygen atoms in total. The first-order chi connectivity index (χ1) is 8.00. The number of hydrogen-bond donors (Lipinski definition) is 2. The Morgan fingerprint density at radius 1 is 1.29 bits per heavy atom. The smallest absolute Gasteiger partial charge is 0.0698 e. The lowest BCUT2D eigenvalue weighted by atomic mass is 9.68. The number of hydrogen-bond acceptors (Lipinski definition) is 3. The standard InChI is InChI=1S/C14H27NO2/c1-13(2)11-4-5-14(3,10-11)12(13)15-6-8-17-9-7-16/h11-12,15-16H,4-10H2,1-3H3/t11-,12?,14+/m0/s1. The summed E-state index contributed by atoms with van der Waals surface area (Å²) in [6.07, 6.45) is 4.16. The summed E-state index contributed by atoms with van der Waals surface area (Å²) in [6.45, 7) is 9.44. The third-order valence-electron chi connectivity index (χ3n) is 5.10. The number of aliphatic hydroxyl groups is 1. The van der Waals surface area contributed by atoms with Crippen molar-refractivity contribution >= 4 is 0 Å². The van der Waals surface area contributed by atoms with Gasteiger partial charge in [-0.15, -0.1) is 0 Å².